The minimum atomic E-state index is -0.370. The summed E-state index contributed by atoms with van der Waals surface area (Å²) in [5.74, 6) is 0.291. The maximum absolute atomic E-state index is 11.3. The van der Waals surface area contributed by atoms with E-state index in [1.807, 2.05) is 6.92 Å². The highest BCUT2D eigenvalue weighted by Gasteiger charge is 2.15. The van der Waals surface area contributed by atoms with Crippen LogP contribution in [0.4, 0.5) is 5.13 Å². The van der Waals surface area contributed by atoms with E-state index in [9.17, 15) is 4.79 Å². The molecule has 0 aromatic carbocycles. The number of nitrogens with one attached hydrogen (secondary N) is 1. The number of rotatable bonds is 5. The van der Waals surface area contributed by atoms with Gasteiger partial charge in [0.15, 0.2) is 10.8 Å². The second kappa shape index (κ2) is 5.84. The summed E-state index contributed by atoms with van der Waals surface area (Å²) >= 11 is 1.49. The number of aryl methyl sites for hydroxylation is 1. The van der Waals surface area contributed by atoms with Crippen LogP contribution in [0.25, 0.3) is 0 Å². The number of carbonyl (C=O) groups excluding carboxylic acids is 1. The van der Waals surface area contributed by atoms with Crippen LogP contribution in [0, 0.1) is 12.8 Å². The van der Waals surface area contributed by atoms with Crippen LogP contribution >= 0.6 is 11.3 Å². The average Bonchev–Trinajstić information content (AvgIpc) is 2.58. The number of esters is 1. The van der Waals surface area contributed by atoms with Gasteiger partial charge in [0.25, 0.3) is 0 Å². The minimum Gasteiger partial charge on any atom is -0.464 e. The molecule has 0 unspecified atom stereocenters. The van der Waals surface area contributed by atoms with E-state index in [0.717, 1.165) is 23.0 Å². The van der Waals surface area contributed by atoms with Crippen LogP contribution < -0.4 is 5.32 Å². The molecule has 0 aliphatic carbocycles. The van der Waals surface area contributed by atoms with Gasteiger partial charge >= 0.3 is 5.97 Å². The number of hydrogen-bond donors (Lipinski definition) is 1. The zero-order valence-electron chi connectivity index (χ0n) is 10.2. The molecule has 0 saturated heterocycles. The number of hydrogen-bond acceptors (Lipinski definition) is 5. The van der Waals surface area contributed by atoms with Gasteiger partial charge in [-0.2, -0.15) is 0 Å². The first-order valence-corrected chi connectivity index (χ1v) is 6.15. The number of carbonyl (C=O) groups is 1. The summed E-state index contributed by atoms with van der Waals surface area (Å²) in [5, 5.41) is 4.01. The molecule has 0 bridgehead atoms. The van der Waals surface area contributed by atoms with Crippen LogP contribution in [-0.2, 0) is 4.74 Å². The Hall–Kier alpha value is -1.10. The van der Waals surface area contributed by atoms with Crippen molar-refractivity contribution >= 4 is 22.4 Å². The molecule has 90 valence electrons. The zero-order valence-corrected chi connectivity index (χ0v) is 11.0. The van der Waals surface area contributed by atoms with E-state index in [0.29, 0.717) is 11.6 Å². The van der Waals surface area contributed by atoms with Gasteiger partial charge in [-0.05, 0) is 19.3 Å². The Morgan fingerprint density at radius 2 is 2.25 bits per heavy atom. The molecule has 1 aromatic rings. The third kappa shape index (κ3) is 3.48. The lowest BCUT2D eigenvalue weighted by Gasteiger charge is -2.04. The van der Waals surface area contributed by atoms with Gasteiger partial charge in [-0.3, -0.25) is 0 Å². The average molecular weight is 242 g/mol. The Morgan fingerprint density at radius 1 is 1.56 bits per heavy atom. The lowest BCUT2D eigenvalue weighted by Crippen LogP contribution is -2.06. The maximum Gasteiger partial charge on any atom is 0.357 e. The minimum absolute atomic E-state index is 0.370. The first-order valence-electron chi connectivity index (χ1n) is 5.34. The fraction of sp³-hybridized carbons (Fsp3) is 0.636. The fourth-order valence-electron chi connectivity index (χ4n) is 1.23. The van der Waals surface area contributed by atoms with E-state index < -0.39 is 0 Å². The van der Waals surface area contributed by atoms with Crippen LogP contribution in [0.5, 0.6) is 0 Å². The summed E-state index contributed by atoms with van der Waals surface area (Å²) in [4.78, 5) is 16.4. The van der Waals surface area contributed by atoms with E-state index in [2.05, 4.69) is 28.9 Å². The highest BCUT2D eigenvalue weighted by molar-refractivity contribution is 7.15. The van der Waals surface area contributed by atoms with Gasteiger partial charge < -0.3 is 10.1 Å². The molecule has 1 aromatic heterocycles. The number of methoxy groups -OCH3 is 1. The molecular weight excluding hydrogens is 224 g/mol. The first-order chi connectivity index (χ1) is 7.54. The van der Waals surface area contributed by atoms with Crippen LogP contribution in [0.15, 0.2) is 0 Å². The Bertz CT molecular complexity index is 361. The molecule has 16 heavy (non-hydrogen) atoms. The molecule has 0 radical (unpaired) electrons. The van der Waals surface area contributed by atoms with Crippen LogP contribution in [0.2, 0.25) is 0 Å². The molecule has 0 fully saturated rings. The molecule has 0 saturated carbocycles. The van der Waals surface area contributed by atoms with E-state index in [4.69, 9.17) is 0 Å². The van der Waals surface area contributed by atoms with Gasteiger partial charge in [-0.25, -0.2) is 9.78 Å². The fourth-order valence-corrected chi connectivity index (χ4v) is 2.05. The number of anilines is 1. The van der Waals surface area contributed by atoms with Crippen molar-refractivity contribution in [3.05, 3.63) is 10.6 Å². The SMILES string of the molecule is COC(=O)c1nc(NCCC(C)C)sc1C. The number of aromatic nitrogens is 1. The third-order valence-corrected chi connectivity index (χ3v) is 3.10. The molecule has 0 spiro atoms. The van der Waals surface area contributed by atoms with Gasteiger partial charge in [-0.1, -0.05) is 13.8 Å². The Labute approximate surface area is 100 Å². The van der Waals surface area contributed by atoms with E-state index in [1.165, 1.54) is 18.4 Å². The van der Waals surface area contributed by atoms with E-state index in [-0.39, 0.29) is 5.97 Å². The summed E-state index contributed by atoms with van der Waals surface area (Å²) in [6.07, 6.45) is 1.09. The van der Waals surface area contributed by atoms with Crippen molar-refractivity contribution in [2.45, 2.75) is 27.2 Å². The molecule has 1 rings (SSSR count). The van der Waals surface area contributed by atoms with Crippen LogP contribution in [0.3, 0.4) is 0 Å². The number of thiazole rings is 1. The molecule has 5 heteroatoms. The monoisotopic (exact) mass is 242 g/mol. The highest BCUT2D eigenvalue weighted by atomic mass is 32.1. The lowest BCUT2D eigenvalue weighted by molar-refractivity contribution is 0.0594. The van der Waals surface area contributed by atoms with Crippen molar-refractivity contribution < 1.29 is 9.53 Å². The zero-order chi connectivity index (χ0) is 12.1. The molecule has 0 atom stereocenters. The summed E-state index contributed by atoms with van der Waals surface area (Å²) in [5.41, 5.74) is 0.416. The molecule has 1 heterocycles. The van der Waals surface area contributed by atoms with Gasteiger partial charge in [0, 0.05) is 11.4 Å². The first kappa shape index (κ1) is 13.0. The number of nitrogens with zero attached hydrogens (tertiary/aromatic N) is 1. The van der Waals surface area contributed by atoms with E-state index in [1.54, 1.807) is 0 Å². The van der Waals surface area contributed by atoms with Crippen molar-refractivity contribution in [1.82, 2.24) is 4.98 Å². The summed E-state index contributed by atoms with van der Waals surface area (Å²) in [6.45, 7) is 7.10. The highest BCUT2D eigenvalue weighted by Crippen LogP contribution is 2.22. The van der Waals surface area contributed by atoms with Crippen LogP contribution in [0.1, 0.15) is 35.6 Å². The van der Waals surface area contributed by atoms with Gasteiger partial charge in [0.05, 0.1) is 7.11 Å². The molecule has 0 aliphatic heterocycles. The Balaban J connectivity index is 2.59. The second-order valence-corrected chi connectivity index (χ2v) is 5.23. The molecule has 1 N–H and O–H groups in total. The maximum atomic E-state index is 11.3. The summed E-state index contributed by atoms with van der Waals surface area (Å²) in [7, 11) is 1.37. The molecule has 0 amide bonds. The van der Waals surface area contributed by atoms with Gasteiger partial charge in [-0.15, -0.1) is 11.3 Å². The lowest BCUT2D eigenvalue weighted by atomic mass is 10.1. The van der Waals surface area contributed by atoms with Crippen LogP contribution in [-0.4, -0.2) is 24.6 Å². The molecule has 4 nitrogen and oxygen atoms in total. The topological polar surface area (TPSA) is 51.2 Å². The largest absolute Gasteiger partial charge is 0.464 e. The standard InChI is InChI=1S/C11H18N2O2S/c1-7(2)5-6-12-11-13-9(8(3)16-11)10(14)15-4/h7H,5-6H2,1-4H3,(H,12,13). The Kier molecular flexibility index (Phi) is 4.73. The summed E-state index contributed by atoms with van der Waals surface area (Å²) in [6, 6.07) is 0. The van der Waals surface area contributed by atoms with E-state index >= 15 is 0 Å². The van der Waals surface area contributed by atoms with Crippen molar-refractivity contribution in [3.63, 3.8) is 0 Å². The second-order valence-electron chi connectivity index (χ2n) is 4.02. The smallest absolute Gasteiger partial charge is 0.357 e. The van der Waals surface area contributed by atoms with Crippen molar-refractivity contribution in [2.24, 2.45) is 5.92 Å². The normalized spacial score (nSPS) is 10.6. The molecule has 0 aliphatic rings. The predicted molar refractivity (Wildman–Crippen MR) is 66.1 cm³/mol. The quantitative estimate of drug-likeness (QED) is 0.807. The van der Waals surface area contributed by atoms with Crippen molar-refractivity contribution in [3.8, 4) is 0 Å². The van der Waals surface area contributed by atoms with Crippen molar-refractivity contribution in [2.75, 3.05) is 19.0 Å². The Morgan fingerprint density at radius 3 is 2.81 bits per heavy atom. The molecular formula is C11H18N2O2S. The number of ether oxygens (including phenoxy) is 1. The van der Waals surface area contributed by atoms with Gasteiger partial charge in [0.2, 0.25) is 0 Å². The van der Waals surface area contributed by atoms with Gasteiger partial charge in [0.1, 0.15) is 0 Å². The van der Waals surface area contributed by atoms with Crippen molar-refractivity contribution in [1.29, 1.82) is 0 Å². The third-order valence-electron chi connectivity index (χ3n) is 2.17. The summed E-state index contributed by atoms with van der Waals surface area (Å²) < 4.78 is 4.65. The predicted octanol–water partition coefficient (Wildman–Crippen LogP) is 2.70.